The van der Waals surface area contributed by atoms with Crippen molar-refractivity contribution in [3.63, 3.8) is 0 Å². The minimum absolute atomic E-state index is 0.597. The van der Waals surface area contributed by atoms with E-state index < -0.39 is 0 Å². The molecule has 6 heteroatoms. The maximum atomic E-state index is 5.19. The Morgan fingerprint density at radius 3 is 2.94 bits per heavy atom. The van der Waals surface area contributed by atoms with Gasteiger partial charge in [-0.3, -0.25) is 0 Å². The average molecular weight is 309 g/mol. The molecule has 0 fully saturated rings. The van der Waals surface area contributed by atoms with Gasteiger partial charge in [0, 0.05) is 24.4 Å². The Labute approximate surface area is 114 Å². The van der Waals surface area contributed by atoms with Gasteiger partial charge in [0.25, 0.3) is 0 Å². The van der Waals surface area contributed by atoms with Crippen LogP contribution >= 0.6 is 15.9 Å². The number of aryl methyl sites for hydroxylation is 1. The molecule has 94 valence electrons. The lowest BCUT2D eigenvalue weighted by Crippen LogP contribution is -2.05. The molecule has 0 radical (unpaired) electrons. The van der Waals surface area contributed by atoms with Gasteiger partial charge in [0.2, 0.25) is 5.88 Å². The van der Waals surface area contributed by atoms with Gasteiger partial charge in [-0.15, -0.1) is 0 Å². The molecule has 0 aliphatic carbocycles. The molecule has 0 aliphatic heterocycles. The molecule has 2 aromatic rings. The van der Waals surface area contributed by atoms with Crippen LogP contribution in [-0.4, -0.2) is 22.1 Å². The Morgan fingerprint density at radius 2 is 2.22 bits per heavy atom. The third-order valence-corrected chi connectivity index (χ3v) is 2.72. The van der Waals surface area contributed by atoms with E-state index in [-0.39, 0.29) is 0 Å². The molecule has 0 unspecified atom stereocenters. The quantitative estimate of drug-likeness (QED) is 0.880. The van der Waals surface area contributed by atoms with E-state index in [2.05, 4.69) is 36.2 Å². The van der Waals surface area contributed by atoms with Gasteiger partial charge in [0.15, 0.2) is 0 Å². The summed E-state index contributed by atoms with van der Waals surface area (Å²) in [5, 5.41) is 3.22. The molecule has 0 atom stereocenters. The van der Waals surface area contributed by atoms with Crippen LogP contribution in [0.15, 0.2) is 29.0 Å². The predicted octanol–water partition coefficient (Wildman–Crippen LogP) is 2.56. The molecular weight excluding hydrogens is 296 g/mol. The third-order valence-electron chi connectivity index (χ3n) is 2.31. The summed E-state index contributed by atoms with van der Waals surface area (Å²) in [4.78, 5) is 12.6. The summed E-state index contributed by atoms with van der Waals surface area (Å²) in [6.45, 7) is 2.44. The number of pyridine rings is 1. The largest absolute Gasteiger partial charge is 0.481 e. The highest BCUT2D eigenvalue weighted by Crippen LogP contribution is 2.17. The zero-order valence-corrected chi connectivity index (χ0v) is 11.7. The summed E-state index contributed by atoms with van der Waals surface area (Å²) in [6.07, 6.45) is 1.70. The van der Waals surface area contributed by atoms with Crippen LogP contribution in [0.2, 0.25) is 0 Å². The van der Waals surface area contributed by atoms with Gasteiger partial charge in [-0.1, -0.05) is 6.07 Å². The molecule has 2 heterocycles. The molecule has 0 amide bonds. The van der Waals surface area contributed by atoms with E-state index in [0.717, 1.165) is 16.0 Å². The van der Waals surface area contributed by atoms with E-state index in [1.165, 1.54) is 0 Å². The first-order valence-corrected chi connectivity index (χ1v) is 6.21. The SMILES string of the molecule is COc1ncccc1CNc1cc(Br)nc(C)n1. The van der Waals surface area contributed by atoms with Crippen molar-refractivity contribution in [2.75, 3.05) is 12.4 Å². The molecular formula is C12H13BrN4O. The number of hydrogen-bond acceptors (Lipinski definition) is 5. The van der Waals surface area contributed by atoms with Gasteiger partial charge in [-0.25, -0.2) is 15.0 Å². The van der Waals surface area contributed by atoms with Crippen LogP contribution in [0.5, 0.6) is 5.88 Å². The molecule has 0 saturated heterocycles. The van der Waals surface area contributed by atoms with E-state index in [9.17, 15) is 0 Å². The minimum Gasteiger partial charge on any atom is -0.481 e. The van der Waals surface area contributed by atoms with E-state index in [1.807, 2.05) is 25.1 Å². The third kappa shape index (κ3) is 3.16. The van der Waals surface area contributed by atoms with Crippen LogP contribution in [0.3, 0.4) is 0 Å². The van der Waals surface area contributed by atoms with Crippen LogP contribution < -0.4 is 10.1 Å². The zero-order valence-electron chi connectivity index (χ0n) is 10.1. The Bertz CT molecular complexity index is 527. The first kappa shape index (κ1) is 12.8. The highest BCUT2D eigenvalue weighted by Gasteiger charge is 2.04. The normalized spacial score (nSPS) is 10.2. The molecule has 1 N–H and O–H groups in total. The molecule has 0 aromatic carbocycles. The lowest BCUT2D eigenvalue weighted by molar-refractivity contribution is 0.393. The fourth-order valence-electron chi connectivity index (χ4n) is 1.55. The van der Waals surface area contributed by atoms with Gasteiger partial charge in [0.05, 0.1) is 7.11 Å². The Kier molecular flexibility index (Phi) is 4.09. The molecule has 0 spiro atoms. The monoisotopic (exact) mass is 308 g/mol. The summed E-state index contributed by atoms with van der Waals surface area (Å²) in [6, 6.07) is 5.67. The van der Waals surface area contributed by atoms with Crippen molar-refractivity contribution in [3.8, 4) is 5.88 Å². The Morgan fingerprint density at radius 1 is 1.39 bits per heavy atom. The number of aromatic nitrogens is 3. The van der Waals surface area contributed by atoms with Crippen LogP contribution in [0.1, 0.15) is 11.4 Å². The summed E-state index contributed by atoms with van der Waals surface area (Å²) in [5.41, 5.74) is 0.979. The summed E-state index contributed by atoms with van der Waals surface area (Å²) in [5.74, 6) is 2.10. The van der Waals surface area contributed by atoms with E-state index >= 15 is 0 Å². The van der Waals surface area contributed by atoms with Crippen molar-refractivity contribution >= 4 is 21.7 Å². The van der Waals surface area contributed by atoms with Crippen molar-refractivity contribution in [3.05, 3.63) is 40.4 Å². The summed E-state index contributed by atoms with van der Waals surface area (Å²) >= 11 is 3.34. The van der Waals surface area contributed by atoms with E-state index in [1.54, 1.807) is 13.3 Å². The van der Waals surface area contributed by atoms with E-state index in [4.69, 9.17) is 4.74 Å². The molecule has 2 rings (SSSR count). The number of rotatable bonds is 4. The smallest absolute Gasteiger partial charge is 0.218 e. The Balaban J connectivity index is 2.11. The molecule has 5 nitrogen and oxygen atoms in total. The van der Waals surface area contributed by atoms with Crippen molar-refractivity contribution in [2.24, 2.45) is 0 Å². The highest BCUT2D eigenvalue weighted by atomic mass is 79.9. The maximum absolute atomic E-state index is 5.19. The van der Waals surface area contributed by atoms with Crippen LogP contribution in [0.25, 0.3) is 0 Å². The number of methoxy groups -OCH3 is 1. The molecule has 0 bridgehead atoms. The van der Waals surface area contributed by atoms with Crippen molar-refractivity contribution < 1.29 is 4.74 Å². The van der Waals surface area contributed by atoms with Crippen molar-refractivity contribution in [2.45, 2.75) is 13.5 Å². The van der Waals surface area contributed by atoms with Gasteiger partial charge in [-0.2, -0.15) is 0 Å². The summed E-state index contributed by atoms with van der Waals surface area (Å²) < 4.78 is 5.95. The number of anilines is 1. The molecule has 18 heavy (non-hydrogen) atoms. The first-order chi connectivity index (χ1) is 8.69. The molecule has 0 saturated carbocycles. The summed E-state index contributed by atoms with van der Waals surface area (Å²) in [7, 11) is 1.61. The number of nitrogens with zero attached hydrogens (tertiary/aromatic N) is 3. The number of nitrogens with one attached hydrogen (secondary N) is 1. The second-order valence-electron chi connectivity index (χ2n) is 3.65. The second kappa shape index (κ2) is 5.77. The maximum Gasteiger partial charge on any atom is 0.218 e. The lowest BCUT2D eigenvalue weighted by atomic mass is 10.2. The van der Waals surface area contributed by atoms with Gasteiger partial charge in [0.1, 0.15) is 16.2 Å². The van der Waals surface area contributed by atoms with Crippen molar-refractivity contribution in [1.29, 1.82) is 0 Å². The molecule has 0 aliphatic rings. The standard InChI is InChI=1S/C12H13BrN4O/c1-8-16-10(13)6-11(17-8)15-7-9-4-3-5-14-12(9)18-2/h3-6H,7H2,1-2H3,(H,15,16,17). The fraction of sp³-hybridized carbons (Fsp3) is 0.250. The van der Waals surface area contributed by atoms with Gasteiger partial charge >= 0.3 is 0 Å². The minimum atomic E-state index is 0.597. The number of hydrogen-bond donors (Lipinski definition) is 1. The molecule has 2 aromatic heterocycles. The average Bonchev–Trinajstić information content (AvgIpc) is 2.35. The van der Waals surface area contributed by atoms with Crippen LogP contribution in [-0.2, 0) is 6.54 Å². The van der Waals surface area contributed by atoms with Crippen LogP contribution in [0, 0.1) is 6.92 Å². The topological polar surface area (TPSA) is 59.9 Å². The second-order valence-corrected chi connectivity index (χ2v) is 4.46. The van der Waals surface area contributed by atoms with Gasteiger partial charge < -0.3 is 10.1 Å². The first-order valence-electron chi connectivity index (χ1n) is 5.42. The lowest BCUT2D eigenvalue weighted by Gasteiger charge is -2.09. The number of ether oxygens (including phenoxy) is 1. The van der Waals surface area contributed by atoms with Crippen LogP contribution in [0.4, 0.5) is 5.82 Å². The highest BCUT2D eigenvalue weighted by molar-refractivity contribution is 9.10. The Hall–Kier alpha value is -1.69. The zero-order chi connectivity index (χ0) is 13.0. The van der Waals surface area contributed by atoms with Crippen molar-refractivity contribution in [1.82, 2.24) is 15.0 Å². The van der Waals surface area contributed by atoms with Gasteiger partial charge in [-0.05, 0) is 28.9 Å². The number of halogens is 1. The fourth-order valence-corrected chi connectivity index (χ4v) is 2.02. The predicted molar refractivity (Wildman–Crippen MR) is 72.6 cm³/mol. The van der Waals surface area contributed by atoms with E-state index in [0.29, 0.717) is 18.2 Å².